The van der Waals surface area contributed by atoms with E-state index < -0.39 is 0 Å². The first-order chi connectivity index (χ1) is 10.3. The van der Waals surface area contributed by atoms with Crippen LogP contribution in [0.1, 0.15) is 23.0 Å². The Morgan fingerprint density at radius 1 is 1.27 bits per heavy atom. The van der Waals surface area contributed by atoms with Crippen molar-refractivity contribution in [3.05, 3.63) is 46.7 Å². The van der Waals surface area contributed by atoms with Gasteiger partial charge in [-0.3, -0.25) is 4.79 Å². The number of nitrogens with one attached hydrogen (secondary N) is 2. The molecule has 1 aromatic heterocycles. The molecule has 0 saturated carbocycles. The Kier molecular flexibility index (Phi) is 6.00. The first-order valence-electron chi connectivity index (χ1n) is 7.40. The van der Waals surface area contributed by atoms with Crippen LogP contribution in [0.25, 0.3) is 11.1 Å². The van der Waals surface area contributed by atoms with Crippen LogP contribution >= 0.6 is 23.7 Å². The monoisotopic (exact) mass is 336 g/mol. The number of halogens is 1. The molecule has 22 heavy (non-hydrogen) atoms. The van der Waals surface area contributed by atoms with Crippen molar-refractivity contribution in [1.29, 1.82) is 0 Å². The van der Waals surface area contributed by atoms with Crippen molar-refractivity contribution in [3.63, 3.8) is 0 Å². The van der Waals surface area contributed by atoms with E-state index in [1.54, 1.807) is 0 Å². The van der Waals surface area contributed by atoms with Gasteiger partial charge in [-0.05, 0) is 35.9 Å². The molecule has 2 N–H and O–H groups in total. The van der Waals surface area contributed by atoms with Crippen molar-refractivity contribution in [1.82, 2.24) is 10.6 Å². The number of hydrogen-bond acceptors (Lipinski definition) is 3. The van der Waals surface area contributed by atoms with Crippen LogP contribution in [0.3, 0.4) is 0 Å². The summed E-state index contributed by atoms with van der Waals surface area (Å²) in [7, 11) is 0. The molecule has 0 bridgehead atoms. The maximum absolute atomic E-state index is 12.6. The summed E-state index contributed by atoms with van der Waals surface area (Å²) in [5, 5.41) is 8.53. The minimum Gasteiger partial charge on any atom is -0.347 e. The lowest BCUT2D eigenvalue weighted by Crippen LogP contribution is -2.50. The minimum absolute atomic E-state index is 0. The molecule has 0 aliphatic carbocycles. The zero-order chi connectivity index (χ0) is 14.7. The smallest absolute Gasteiger partial charge is 0.262 e. The molecule has 2 atom stereocenters. The van der Waals surface area contributed by atoms with E-state index in [9.17, 15) is 4.79 Å². The maximum Gasteiger partial charge on any atom is 0.262 e. The molecule has 118 valence electrons. The van der Waals surface area contributed by atoms with Crippen LogP contribution in [0.5, 0.6) is 0 Å². The van der Waals surface area contributed by atoms with Crippen LogP contribution in [0.4, 0.5) is 0 Å². The van der Waals surface area contributed by atoms with Gasteiger partial charge in [-0.1, -0.05) is 37.3 Å². The summed E-state index contributed by atoms with van der Waals surface area (Å²) in [5.74, 6) is 0.569. The number of thiophene rings is 1. The Morgan fingerprint density at radius 2 is 2.05 bits per heavy atom. The molecule has 2 unspecified atom stereocenters. The number of hydrogen-bond donors (Lipinski definition) is 2. The molecular formula is C17H21ClN2OS. The zero-order valence-electron chi connectivity index (χ0n) is 12.5. The van der Waals surface area contributed by atoms with Gasteiger partial charge in [-0.25, -0.2) is 0 Å². The molecule has 1 fully saturated rings. The van der Waals surface area contributed by atoms with Gasteiger partial charge in [-0.2, -0.15) is 0 Å². The number of benzene rings is 1. The van der Waals surface area contributed by atoms with E-state index >= 15 is 0 Å². The lowest BCUT2D eigenvalue weighted by molar-refractivity contribution is 0.0920. The molecule has 0 radical (unpaired) electrons. The van der Waals surface area contributed by atoms with E-state index in [2.05, 4.69) is 17.6 Å². The molecule has 1 amide bonds. The lowest BCUT2D eigenvalue weighted by atomic mass is 9.94. The van der Waals surface area contributed by atoms with Crippen molar-refractivity contribution in [2.24, 2.45) is 5.92 Å². The first kappa shape index (κ1) is 17.0. The van der Waals surface area contributed by atoms with Crippen molar-refractivity contribution in [2.75, 3.05) is 13.1 Å². The molecule has 1 aliphatic heterocycles. The minimum atomic E-state index is 0. The summed E-state index contributed by atoms with van der Waals surface area (Å²) < 4.78 is 0. The highest BCUT2D eigenvalue weighted by Gasteiger charge is 2.24. The van der Waals surface area contributed by atoms with E-state index in [0.29, 0.717) is 5.92 Å². The topological polar surface area (TPSA) is 41.1 Å². The Balaban J connectivity index is 0.00000176. The van der Waals surface area contributed by atoms with Crippen LogP contribution in [-0.4, -0.2) is 25.0 Å². The first-order valence-corrected chi connectivity index (χ1v) is 8.28. The SMILES string of the molecule is CC1CCNCC1NC(=O)c1sccc1-c1ccccc1.Cl. The number of carbonyl (C=O) groups excluding carboxylic acids is 1. The quantitative estimate of drug-likeness (QED) is 0.899. The van der Waals surface area contributed by atoms with Gasteiger partial charge in [-0.15, -0.1) is 23.7 Å². The third kappa shape index (κ3) is 3.69. The molecule has 2 aromatic rings. The second-order valence-corrected chi connectivity index (χ2v) is 6.50. The fourth-order valence-electron chi connectivity index (χ4n) is 2.75. The Morgan fingerprint density at radius 3 is 2.77 bits per heavy atom. The predicted octanol–water partition coefficient (Wildman–Crippen LogP) is 3.56. The Hall–Kier alpha value is -1.36. The van der Waals surface area contributed by atoms with Gasteiger partial charge in [0.1, 0.15) is 0 Å². The van der Waals surface area contributed by atoms with E-state index in [4.69, 9.17) is 0 Å². The van der Waals surface area contributed by atoms with Crippen LogP contribution in [-0.2, 0) is 0 Å². The second-order valence-electron chi connectivity index (χ2n) is 5.58. The largest absolute Gasteiger partial charge is 0.347 e. The van der Waals surface area contributed by atoms with Crippen LogP contribution < -0.4 is 10.6 Å². The van der Waals surface area contributed by atoms with Crippen LogP contribution in [0, 0.1) is 5.92 Å². The van der Waals surface area contributed by atoms with Gasteiger partial charge >= 0.3 is 0 Å². The standard InChI is InChI=1S/C17H20N2OS.ClH/c1-12-7-9-18-11-15(12)19-17(20)16-14(8-10-21-16)13-5-3-2-4-6-13;/h2-6,8,10,12,15,18H,7,9,11H2,1H3,(H,19,20);1H. The number of rotatable bonds is 3. The summed E-state index contributed by atoms with van der Waals surface area (Å²) in [6.45, 7) is 4.11. The highest BCUT2D eigenvalue weighted by atomic mass is 35.5. The summed E-state index contributed by atoms with van der Waals surface area (Å²) in [4.78, 5) is 13.4. The fraction of sp³-hybridized carbons (Fsp3) is 0.353. The summed E-state index contributed by atoms with van der Waals surface area (Å²) >= 11 is 1.51. The van der Waals surface area contributed by atoms with Crippen molar-refractivity contribution in [2.45, 2.75) is 19.4 Å². The van der Waals surface area contributed by atoms with Crippen molar-refractivity contribution < 1.29 is 4.79 Å². The van der Waals surface area contributed by atoms with Gasteiger partial charge in [0, 0.05) is 18.2 Å². The molecule has 3 nitrogen and oxygen atoms in total. The van der Waals surface area contributed by atoms with E-state index in [-0.39, 0.29) is 24.4 Å². The fourth-order valence-corrected chi connectivity index (χ4v) is 3.57. The predicted molar refractivity (Wildman–Crippen MR) is 94.9 cm³/mol. The average Bonchev–Trinajstić information content (AvgIpc) is 3.00. The molecular weight excluding hydrogens is 316 g/mol. The Labute approximate surface area is 141 Å². The summed E-state index contributed by atoms with van der Waals surface area (Å²) in [6, 6.07) is 12.3. The van der Waals surface area contributed by atoms with Gasteiger partial charge < -0.3 is 10.6 Å². The Bertz CT molecular complexity index is 614. The second kappa shape index (κ2) is 7.77. The van der Waals surface area contributed by atoms with Crippen molar-refractivity contribution in [3.8, 4) is 11.1 Å². The molecule has 1 saturated heterocycles. The van der Waals surface area contributed by atoms with Gasteiger partial charge in [0.15, 0.2) is 0 Å². The molecule has 1 aliphatic rings. The van der Waals surface area contributed by atoms with E-state index in [1.165, 1.54) is 11.3 Å². The maximum atomic E-state index is 12.6. The van der Waals surface area contributed by atoms with Crippen LogP contribution in [0.15, 0.2) is 41.8 Å². The molecule has 5 heteroatoms. The zero-order valence-corrected chi connectivity index (χ0v) is 14.2. The highest BCUT2D eigenvalue weighted by molar-refractivity contribution is 7.12. The van der Waals surface area contributed by atoms with Gasteiger partial charge in [0.25, 0.3) is 5.91 Å². The third-order valence-corrected chi connectivity index (χ3v) is 5.01. The van der Waals surface area contributed by atoms with Crippen LogP contribution in [0.2, 0.25) is 0 Å². The molecule has 0 spiro atoms. The number of piperidine rings is 1. The van der Waals surface area contributed by atoms with E-state index in [0.717, 1.165) is 35.5 Å². The van der Waals surface area contributed by atoms with E-state index in [1.807, 2.05) is 41.8 Å². The van der Waals surface area contributed by atoms with Gasteiger partial charge in [0.2, 0.25) is 0 Å². The third-order valence-electron chi connectivity index (χ3n) is 4.10. The molecule has 3 rings (SSSR count). The summed E-state index contributed by atoms with van der Waals surface area (Å²) in [6.07, 6.45) is 1.11. The molecule has 2 heterocycles. The highest BCUT2D eigenvalue weighted by Crippen LogP contribution is 2.28. The lowest BCUT2D eigenvalue weighted by Gasteiger charge is -2.30. The number of carbonyl (C=O) groups is 1. The molecule has 1 aromatic carbocycles. The number of amides is 1. The normalized spacial score (nSPS) is 21.0. The average molecular weight is 337 g/mol. The van der Waals surface area contributed by atoms with Crippen molar-refractivity contribution >= 4 is 29.7 Å². The van der Waals surface area contributed by atoms with Gasteiger partial charge in [0.05, 0.1) is 4.88 Å². The summed E-state index contributed by atoms with van der Waals surface area (Å²) in [5.41, 5.74) is 2.12.